The molecule has 2 amide bonds. The van der Waals surface area contributed by atoms with E-state index >= 15 is 0 Å². The van der Waals surface area contributed by atoms with Crippen LogP contribution in [0.1, 0.15) is 20.7 Å². The third kappa shape index (κ3) is 2.97. The van der Waals surface area contributed by atoms with Gasteiger partial charge in [0.25, 0.3) is 5.91 Å². The van der Waals surface area contributed by atoms with Crippen molar-refractivity contribution in [2.24, 2.45) is 5.73 Å². The maximum atomic E-state index is 12.0. The molecule has 1 aromatic carbocycles. The Labute approximate surface area is 121 Å². The van der Waals surface area contributed by atoms with Crippen LogP contribution in [0.3, 0.4) is 0 Å². The zero-order valence-corrected chi connectivity index (χ0v) is 11.8. The summed E-state index contributed by atoms with van der Waals surface area (Å²) in [6, 6.07) is 5.89. The van der Waals surface area contributed by atoms with Gasteiger partial charge in [-0.15, -0.1) is 0 Å². The molecule has 3 N–H and O–H groups in total. The monoisotopic (exact) mass is 342 g/mol. The molecule has 5 nitrogen and oxygen atoms in total. The number of rotatable bonds is 3. The third-order valence-electron chi connectivity index (χ3n) is 2.36. The Bertz CT molecular complexity index is 654. The zero-order valence-electron chi connectivity index (χ0n) is 9.44. The first-order valence-corrected chi connectivity index (χ1v) is 6.30. The lowest BCUT2D eigenvalue weighted by Crippen LogP contribution is -2.14. The highest BCUT2D eigenvalue weighted by molar-refractivity contribution is 9.10. The molecule has 0 aliphatic heterocycles. The number of primary amides is 1. The number of nitrogens with one attached hydrogen (secondary N) is 1. The van der Waals surface area contributed by atoms with Crippen LogP contribution in [-0.4, -0.2) is 11.8 Å². The second-order valence-corrected chi connectivity index (χ2v) is 4.75. The molecular weight excluding hydrogens is 336 g/mol. The minimum atomic E-state index is -0.600. The molecule has 19 heavy (non-hydrogen) atoms. The van der Waals surface area contributed by atoms with Crippen LogP contribution >= 0.6 is 27.5 Å². The highest BCUT2D eigenvalue weighted by Gasteiger charge is 2.15. The smallest absolute Gasteiger partial charge is 0.260 e. The molecule has 98 valence electrons. The van der Waals surface area contributed by atoms with E-state index in [1.54, 1.807) is 0 Å². The fourth-order valence-electron chi connectivity index (χ4n) is 1.42. The number of anilines is 1. The molecule has 7 heteroatoms. The van der Waals surface area contributed by atoms with Crippen molar-refractivity contribution in [3.05, 3.63) is 51.3 Å². The van der Waals surface area contributed by atoms with Gasteiger partial charge < -0.3 is 15.5 Å². The summed E-state index contributed by atoms with van der Waals surface area (Å²) < 4.78 is 5.28. The highest BCUT2D eigenvalue weighted by Crippen LogP contribution is 2.25. The molecule has 0 unspecified atom stereocenters. The third-order valence-corrected chi connectivity index (χ3v) is 3.31. The lowest BCUT2D eigenvalue weighted by atomic mass is 10.2. The van der Waals surface area contributed by atoms with Crippen molar-refractivity contribution in [1.29, 1.82) is 0 Å². The molecular formula is C12H8BrClN2O3. The number of furan rings is 1. The van der Waals surface area contributed by atoms with Crippen LogP contribution in [0.25, 0.3) is 0 Å². The number of halogens is 2. The number of carbonyl (C=O) groups is 2. The van der Waals surface area contributed by atoms with Gasteiger partial charge in [-0.25, -0.2) is 0 Å². The van der Waals surface area contributed by atoms with Crippen LogP contribution in [-0.2, 0) is 0 Å². The maximum absolute atomic E-state index is 12.0. The number of amides is 2. The van der Waals surface area contributed by atoms with E-state index in [-0.39, 0.29) is 5.56 Å². The first-order valence-electron chi connectivity index (χ1n) is 5.12. The van der Waals surface area contributed by atoms with Gasteiger partial charge in [0.2, 0.25) is 5.91 Å². The molecule has 2 rings (SSSR count). The van der Waals surface area contributed by atoms with E-state index in [2.05, 4.69) is 21.2 Å². The summed E-state index contributed by atoms with van der Waals surface area (Å²) in [7, 11) is 0. The zero-order chi connectivity index (χ0) is 14.0. The summed E-state index contributed by atoms with van der Waals surface area (Å²) in [6.07, 6.45) is 1.38. The molecule has 0 aliphatic rings. The Morgan fingerprint density at radius 1 is 1.32 bits per heavy atom. The molecule has 0 atom stereocenters. The average molecular weight is 344 g/mol. The van der Waals surface area contributed by atoms with Gasteiger partial charge >= 0.3 is 0 Å². The van der Waals surface area contributed by atoms with Gasteiger partial charge in [-0.2, -0.15) is 0 Å². The Morgan fingerprint density at radius 2 is 2.05 bits per heavy atom. The van der Waals surface area contributed by atoms with Crippen LogP contribution in [0.5, 0.6) is 0 Å². The summed E-state index contributed by atoms with van der Waals surface area (Å²) in [5.74, 6) is -1.01. The molecule has 0 spiro atoms. The van der Waals surface area contributed by atoms with Crippen molar-refractivity contribution < 1.29 is 14.0 Å². The van der Waals surface area contributed by atoms with Gasteiger partial charge in [0.05, 0.1) is 22.5 Å². The Hall–Kier alpha value is -1.79. The largest absolute Gasteiger partial charge is 0.457 e. The Balaban J connectivity index is 2.28. The fourth-order valence-corrected chi connectivity index (χ4v) is 2.00. The summed E-state index contributed by atoms with van der Waals surface area (Å²) in [6.45, 7) is 0. The SMILES string of the molecule is NC(=O)c1ccc(Cl)c(NC(=O)c2ccoc2Br)c1. The van der Waals surface area contributed by atoms with Crippen LogP contribution < -0.4 is 11.1 Å². The van der Waals surface area contributed by atoms with E-state index in [1.807, 2.05) is 0 Å². The normalized spacial score (nSPS) is 10.2. The quantitative estimate of drug-likeness (QED) is 0.898. The van der Waals surface area contributed by atoms with Gasteiger partial charge in [0, 0.05) is 5.56 Å². The first-order chi connectivity index (χ1) is 8.99. The maximum Gasteiger partial charge on any atom is 0.260 e. The van der Waals surface area contributed by atoms with Crippen LogP contribution in [0.15, 0.2) is 39.6 Å². The summed E-state index contributed by atoms with van der Waals surface area (Å²) in [4.78, 5) is 23.0. The number of benzene rings is 1. The molecule has 2 aromatic rings. The number of hydrogen-bond donors (Lipinski definition) is 2. The van der Waals surface area contributed by atoms with E-state index in [0.717, 1.165) is 0 Å². The lowest BCUT2D eigenvalue weighted by molar-refractivity contribution is 0.0996. The van der Waals surface area contributed by atoms with Crippen molar-refractivity contribution in [3.8, 4) is 0 Å². The van der Waals surface area contributed by atoms with Gasteiger partial charge in [0.1, 0.15) is 0 Å². The van der Waals surface area contributed by atoms with E-state index in [1.165, 1.54) is 30.5 Å². The predicted molar refractivity (Wildman–Crippen MR) is 74.3 cm³/mol. The van der Waals surface area contributed by atoms with Crippen molar-refractivity contribution in [3.63, 3.8) is 0 Å². The highest BCUT2D eigenvalue weighted by atomic mass is 79.9. The molecule has 1 aromatic heterocycles. The fraction of sp³-hybridized carbons (Fsp3) is 0. The predicted octanol–water partition coefficient (Wildman–Crippen LogP) is 3.05. The van der Waals surface area contributed by atoms with Crippen molar-refractivity contribution in [2.75, 3.05) is 5.32 Å². The van der Waals surface area contributed by atoms with Crippen molar-refractivity contribution in [2.45, 2.75) is 0 Å². The second-order valence-electron chi connectivity index (χ2n) is 3.62. The molecule has 0 saturated heterocycles. The molecule has 0 aliphatic carbocycles. The average Bonchev–Trinajstić information content (AvgIpc) is 2.78. The Kier molecular flexibility index (Phi) is 3.92. The minimum Gasteiger partial charge on any atom is -0.457 e. The molecule has 0 saturated carbocycles. The number of nitrogens with two attached hydrogens (primary N) is 1. The van der Waals surface area contributed by atoms with Crippen molar-refractivity contribution in [1.82, 2.24) is 0 Å². The molecule has 0 bridgehead atoms. The van der Waals surface area contributed by atoms with Gasteiger partial charge in [-0.05, 0) is 40.2 Å². The minimum absolute atomic E-state index is 0.256. The van der Waals surface area contributed by atoms with Gasteiger partial charge in [-0.1, -0.05) is 11.6 Å². The van der Waals surface area contributed by atoms with Crippen molar-refractivity contribution >= 4 is 45.0 Å². The van der Waals surface area contributed by atoms with Gasteiger partial charge in [0.15, 0.2) is 4.67 Å². The second kappa shape index (κ2) is 5.46. The molecule has 0 fully saturated rings. The lowest BCUT2D eigenvalue weighted by Gasteiger charge is -2.07. The van der Waals surface area contributed by atoms with E-state index in [9.17, 15) is 9.59 Å². The summed E-state index contributed by atoms with van der Waals surface area (Å²) >= 11 is 9.05. The first kappa shape index (κ1) is 13.6. The number of carbonyl (C=O) groups excluding carboxylic acids is 2. The molecule has 0 radical (unpaired) electrons. The van der Waals surface area contributed by atoms with E-state index in [0.29, 0.717) is 20.9 Å². The molecule has 1 heterocycles. The topological polar surface area (TPSA) is 85.3 Å². The Morgan fingerprint density at radius 3 is 2.63 bits per heavy atom. The van der Waals surface area contributed by atoms with Gasteiger partial charge in [-0.3, -0.25) is 9.59 Å². The van der Waals surface area contributed by atoms with E-state index in [4.69, 9.17) is 21.8 Å². The standard InChI is InChI=1S/C12H8BrClN2O3/c13-10-7(3-4-19-10)12(18)16-9-5-6(11(15)17)1-2-8(9)14/h1-5H,(H2,15,17)(H,16,18). The van der Waals surface area contributed by atoms with Crippen LogP contribution in [0.4, 0.5) is 5.69 Å². The summed E-state index contributed by atoms with van der Waals surface area (Å²) in [5, 5.41) is 2.88. The van der Waals surface area contributed by atoms with E-state index < -0.39 is 11.8 Å². The van der Waals surface area contributed by atoms with Crippen LogP contribution in [0.2, 0.25) is 5.02 Å². The number of hydrogen-bond acceptors (Lipinski definition) is 3. The summed E-state index contributed by atoms with van der Waals surface area (Å²) in [5.41, 5.74) is 6.04. The van der Waals surface area contributed by atoms with Crippen LogP contribution in [0, 0.1) is 0 Å².